The minimum Gasteiger partial charge on any atom is -0.373 e. The highest BCUT2D eigenvalue weighted by Crippen LogP contribution is 2.35. The van der Waals surface area contributed by atoms with Crippen LogP contribution in [0.5, 0.6) is 0 Å². The predicted molar refractivity (Wildman–Crippen MR) is 96.5 cm³/mol. The quantitative estimate of drug-likeness (QED) is 0.919. The molecule has 1 aromatic heterocycles. The molecule has 0 aliphatic carbocycles. The van der Waals surface area contributed by atoms with Gasteiger partial charge < -0.3 is 15.0 Å². The Balaban J connectivity index is 1.42. The molecule has 2 aliphatic rings. The van der Waals surface area contributed by atoms with Crippen molar-refractivity contribution in [3.63, 3.8) is 0 Å². The molecule has 2 saturated heterocycles. The zero-order chi connectivity index (χ0) is 18.0. The molecule has 136 valence electrons. The number of carbonyl (C=O) groups excluding carboxylic acids is 1. The van der Waals surface area contributed by atoms with E-state index in [1.165, 1.54) is 12.1 Å². The van der Waals surface area contributed by atoms with Gasteiger partial charge in [0.05, 0.1) is 12.1 Å². The third-order valence-corrected chi connectivity index (χ3v) is 5.19. The van der Waals surface area contributed by atoms with Gasteiger partial charge in [0.2, 0.25) is 0 Å². The summed E-state index contributed by atoms with van der Waals surface area (Å²) >= 11 is 0. The van der Waals surface area contributed by atoms with Crippen molar-refractivity contribution in [2.45, 2.75) is 30.9 Å². The number of likely N-dealkylation sites (tertiary alicyclic amines) is 1. The fourth-order valence-electron chi connectivity index (χ4n) is 3.91. The van der Waals surface area contributed by atoms with E-state index in [0.717, 1.165) is 25.1 Å². The Morgan fingerprint density at radius 1 is 1.31 bits per heavy atom. The van der Waals surface area contributed by atoms with Crippen LogP contribution >= 0.6 is 0 Å². The maximum atomic E-state index is 13.4. The first-order valence-electron chi connectivity index (χ1n) is 9.00. The second-order valence-electron chi connectivity index (χ2n) is 7.07. The summed E-state index contributed by atoms with van der Waals surface area (Å²) in [6.07, 6.45) is 4.31. The molecule has 1 N–H and O–H groups in total. The van der Waals surface area contributed by atoms with Crippen LogP contribution in [0.3, 0.4) is 0 Å². The molecule has 6 heteroatoms. The second-order valence-corrected chi connectivity index (χ2v) is 7.07. The molecule has 4 rings (SSSR count). The van der Waals surface area contributed by atoms with Gasteiger partial charge in [0, 0.05) is 31.0 Å². The molecular weight excluding hydrogens is 333 g/mol. The van der Waals surface area contributed by atoms with E-state index in [1.54, 1.807) is 23.2 Å². The number of rotatable bonds is 3. The van der Waals surface area contributed by atoms with Gasteiger partial charge in [-0.2, -0.15) is 0 Å². The molecule has 0 bridgehead atoms. The van der Waals surface area contributed by atoms with Crippen molar-refractivity contribution in [1.82, 2.24) is 9.88 Å². The molecule has 2 atom stereocenters. The highest BCUT2D eigenvalue weighted by molar-refractivity contribution is 5.94. The second kappa shape index (κ2) is 7.03. The molecule has 0 unspecified atom stereocenters. The van der Waals surface area contributed by atoms with Gasteiger partial charge in [0.25, 0.3) is 5.91 Å². The van der Waals surface area contributed by atoms with Gasteiger partial charge in [-0.05, 0) is 49.6 Å². The van der Waals surface area contributed by atoms with Gasteiger partial charge in [-0.25, -0.2) is 9.37 Å². The van der Waals surface area contributed by atoms with Crippen LogP contribution in [0.4, 0.5) is 10.2 Å². The minimum absolute atomic E-state index is 0.134. The third kappa shape index (κ3) is 3.55. The average molecular weight is 355 g/mol. The number of aromatic nitrogens is 1. The summed E-state index contributed by atoms with van der Waals surface area (Å²) in [6.45, 7) is 1.83. The van der Waals surface area contributed by atoms with Crippen molar-refractivity contribution in [2.24, 2.45) is 0 Å². The number of amides is 1. The maximum Gasteiger partial charge on any atom is 0.254 e. The zero-order valence-corrected chi connectivity index (χ0v) is 14.5. The van der Waals surface area contributed by atoms with Crippen LogP contribution in [0.25, 0.3) is 0 Å². The molecule has 0 saturated carbocycles. The summed E-state index contributed by atoms with van der Waals surface area (Å²) in [5, 5.41) is 3.47. The zero-order valence-electron chi connectivity index (χ0n) is 14.5. The molecule has 3 heterocycles. The number of nitrogens with zero attached hydrogens (tertiary/aromatic N) is 2. The number of hydrogen-bond acceptors (Lipinski definition) is 4. The van der Waals surface area contributed by atoms with E-state index in [0.29, 0.717) is 25.3 Å². The molecule has 2 aromatic rings. The lowest BCUT2D eigenvalue weighted by molar-refractivity contribution is -0.0720. The SMILES string of the molecule is O=C(c1cccc(F)c1)N1CC[C@@]2(C[C@H](Nc3ccccn3)CCO2)C1. The Hall–Kier alpha value is -2.47. The maximum absolute atomic E-state index is 13.4. The lowest BCUT2D eigenvalue weighted by Crippen LogP contribution is -2.47. The van der Waals surface area contributed by atoms with Gasteiger partial charge in [-0.3, -0.25) is 4.79 Å². The Bertz CT molecular complexity index is 786. The van der Waals surface area contributed by atoms with Crippen LogP contribution in [-0.2, 0) is 4.74 Å². The van der Waals surface area contributed by atoms with Gasteiger partial charge in [0.15, 0.2) is 0 Å². The fourth-order valence-corrected chi connectivity index (χ4v) is 3.91. The van der Waals surface area contributed by atoms with Crippen LogP contribution in [0.15, 0.2) is 48.7 Å². The van der Waals surface area contributed by atoms with Gasteiger partial charge >= 0.3 is 0 Å². The predicted octanol–water partition coefficient (Wildman–Crippen LogP) is 3.10. The van der Waals surface area contributed by atoms with Crippen LogP contribution in [0.2, 0.25) is 0 Å². The largest absolute Gasteiger partial charge is 0.373 e. The topological polar surface area (TPSA) is 54.5 Å². The number of benzene rings is 1. The monoisotopic (exact) mass is 355 g/mol. The first kappa shape index (κ1) is 17.0. The highest BCUT2D eigenvalue weighted by atomic mass is 19.1. The number of hydrogen-bond donors (Lipinski definition) is 1. The van der Waals surface area contributed by atoms with Crippen molar-refractivity contribution >= 4 is 11.7 Å². The number of halogens is 1. The summed E-state index contributed by atoms with van der Waals surface area (Å²) in [5.41, 5.74) is 0.0641. The number of nitrogens with one attached hydrogen (secondary N) is 1. The first-order chi connectivity index (χ1) is 12.6. The Labute approximate surface area is 152 Å². The van der Waals surface area contributed by atoms with Crippen molar-refractivity contribution in [3.8, 4) is 0 Å². The van der Waals surface area contributed by atoms with E-state index < -0.39 is 5.82 Å². The van der Waals surface area contributed by atoms with Gasteiger partial charge in [0.1, 0.15) is 11.6 Å². The summed E-state index contributed by atoms with van der Waals surface area (Å²) in [4.78, 5) is 18.8. The van der Waals surface area contributed by atoms with E-state index in [1.807, 2.05) is 18.2 Å². The van der Waals surface area contributed by atoms with E-state index in [-0.39, 0.29) is 17.6 Å². The molecule has 0 radical (unpaired) electrons. The highest BCUT2D eigenvalue weighted by Gasteiger charge is 2.44. The van der Waals surface area contributed by atoms with Crippen molar-refractivity contribution in [2.75, 3.05) is 25.0 Å². The van der Waals surface area contributed by atoms with Crippen LogP contribution < -0.4 is 5.32 Å². The van der Waals surface area contributed by atoms with Crippen molar-refractivity contribution in [1.29, 1.82) is 0 Å². The molecule has 1 aromatic carbocycles. The molecule has 1 spiro atoms. The van der Waals surface area contributed by atoms with Crippen LogP contribution in [-0.4, -0.2) is 47.1 Å². The molecule has 2 aliphatic heterocycles. The number of pyridine rings is 1. The van der Waals surface area contributed by atoms with E-state index in [9.17, 15) is 9.18 Å². The number of anilines is 1. The summed E-state index contributed by atoms with van der Waals surface area (Å²) < 4.78 is 19.5. The van der Waals surface area contributed by atoms with E-state index in [2.05, 4.69) is 10.3 Å². The Kier molecular flexibility index (Phi) is 4.59. The smallest absolute Gasteiger partial charge is 0.254 e. The normalized spacial score (nSPS) is 25.4. The van der Waals surface area contributed by atoms with Gasteiger partial charge in [-0.15, -0.1) is 0 Å². The van der Waals surface area contributed by atoms with Crippen molar-refractivity contribution < 1.29 is 13.9 Å². The summed E-state index contributed by atoms with van der Waals surface area (Å²) in [7, 11) is 0. The minimum atomic E-state index is -0.390. The lowest BCUT2D eigenvalue weighted by atomic mass is 9.89. The summed E-state index contributed by atoms with van der Waals surface area (Å²) in [6, 6.07) is 11.9. The summed E-state index contributed by atoms with van der Waals surface area (Å²) in [5.74, 6) is 0.336. The molecule has 2 fully saturated rings. The fraction of sp³-hybridized carbons (Fsp3) is 0.400. The van der Waals surface area contributed by atoms with Crippen molar-refractivity contribution in [3.05, 3.63) is 60.0 Å². The average Bonchev–Trinajstić information content (AvgIpc) is 3.05. The Morgan fingerprint density at radius 2 is 2.23 bits per heavy atom. The van der Waals surface area contributed by atoms with Crippen LogP contribution in [0, 0.1) is 5.82 Å². The van der Waals surface area contributed by atoms with Gasteiger partial charge in [-0.1, -0.05) is 12.1 Å². The molecular formula is C20H22FN3O2. The molecule has 26 heavy (non-hydrogen) atoms. The molecule has 5 nitrogen and oxygen atoms in total. The number of carbonyl (C=O) groups is 1. The standard InChI is InChI=1S/C20H22FN3O2/c21-16-5-3-4-15(12-16)19(25)24-10-8-20(14-24)13-17(7-11-26-20)23-18-6-1-2-9-22-18/h1-6,9,12,17H,7-8,10-11,13-14H2,(H,22,23)/t17-,20-/m1/s1. The van der Waals surface area contributed by atoms with E-state index >= 15 is 0 Å². The molecule has 1 amide bonds. The lowest BCUT2D eigenvalue weighted by Gasteiger charge is -2.38. The van der Waals surface area contributed by atoms with E-state index in [4.69, 9.17) is 4.74 Å². The third-order valence-electron chi connectivity index (χ3n) is 5.19. The Morgan fingerprint density at radius 3 is 3.04 bits per heavy atom. The van der Waals surface area contributed by atoms with Crippen LogP contribution in [0.1, 0.15) is 29.6 Å². The first-order valence-corrected chi connectivity index (χ1v) is 9.00. The number of ether oxygens (including phenoxy) is 1.